The Balaban J connectivity index is 2.06. The summed E-state index contributed by atoms with van der Waals surface area (Å²) in [4.78, 5) is 13.1. The van der Waals surface area contributed by atoms with E-state index in [-0.39, 0.29) is 11.6 Å². The summed E-state index contributed by atoms with van der Waals surface area (Å²) in [6, 6.07) is 9.14. The first-order valence-electron chi connectivity index (χ1n) is 8.67. The van der Waals surface area contributed by atoms with E-state index in [4.69, 9.17) is 19.9 Å². The molecule has 0 atom stereocenters. The van der Waals surface area contributed by atoms with E-state index in [1.165, 1.54) is 27.5 Å². The van der Waals surface area contributed by atoms with Gasteiger partial charge in [-0.2, -0.15) is 5.10 Å². The first-order chi connectivity index (χ1) is 13.4. The Kier molecular flexibility index (Phi) is 5.26. The molecule has 28 heavy (non-hydrogen) atoms. The molecule has 2 N–H and O–H groups in total. The maximum Gasteiger partial charge on any atom is 0.203 e. The number of ketones is 1. The molecule has 0 fully saturated rings. The summed E-state index contributed by atoms with van der Waals surface area (Å²) >= 11 is 0. The molecular formula is C21H23N3O4. The van der Waals surface area contributed by atoms with E-state index in [9.17, 15) is 4.79 Å². The van der Waals surface area contributed by atoms with E-state index in [1.807, 2.05) is 32.0 Å². The van der Waals surface area contributed by atoms with E-state index in [2.05, 4.69) is 5.10 Å². The molecule has 2 aromatic carbocycles. The molecule has 146 valence electrons. The van der Waals surface area contributed by atoms with Gasteiger partial charge in [0.2, 0.25) is 5.75 Å². The number of methoxy groups -OCH3 is 3. The molecule has 3 aromatic rings. The van der Waals surface area contributed by atoms with E-state index in [0.29, 0.717) is 28.4 Å². The maximum absolute atomic E-state index is 13.1. The molecule has 0 bridgehead atoms. The van der Waals surface area contributed by atoms with Crippen LogP contribution in [0.15, 0.2) is 36.5 Å². The molecule has 1 heterocycles. The van der Waals surface area contributed by atoms with Gasteiger partial charge in [-0.15, -0.1) is 0 Å². The number of nitrogens with zero attached hydrogens (tertiary/aromatic N) is 2. The van der Waals surface area contributed by atoms with Crippen molar-refractivity contribution in [2.24, 2.45) is 0 Å². The predicted octanol–water partition coefficient (Wildman–Crippen LogP) is 3.33. The number of hydrogen-bond acceptors (Lipinski definition) is 6. The van der Waals surface area contributed by atoms with E-state index in [0.717, 1.165) is 16.8 Å². The van der Waals surface area contributed by atoms with Crippen molar-refractivity contribution >= 4 is 11.6 Å². The second kappa shape index (κ2) is 7.64. The second-order valence-electron chi connectivity index (χ2n) is 6.39. The molecule has 0 aliphatic heterocycles. The molecule has 0 amide bonds. The van der Waals surface area contributed by atoms with Crippen LogP contribution in [0, 0.1) is 13.8 Å². The van der Waals surface area contributed by atoms with Crippen LogP contribution in [0.5, 0.6) is 17.2 Å². The first-order valence-corrected chi connectivity index (χ1v) is 8.67. The number of hydrogen-bond donors (Lipinski definition) is 1. The molecule has 0 aliphatic carbocycles. The van der Waals surface area contributed by atoms with Gasteiger partial charge >= 0.3 is 0 Å². The minimum atomic E-state index is -0.284. The Morgan fingerprint density at radius 1 is 1.00 bits per heavy atom. The van der Waals surface area contributed by atoms with Crippen molar-refractivity contribution in [2.45, 2.75) is 13.8 Å². The number of ether oxygens (including phenoxy) is 3. The molecule has 0 saturated carbocycles. The first kappa shape index (κ1) is 19.3. The summed E-state index contributed by atoms with van der Waals surface area (Å²) in [6.07, 6.45) is 1.47. The van der Waals surface area contributed by atoms with Crippen LogP contribution in [0.2, 0.25) is 0 Å². The van der Waals surface area contributed by atoms with Gasteiger partial charge < -0.3 is 19.9 Å². The zero-order valence-electron chi connectivity index (χ0n) is 16.6. The van der Waals surface area contributed by atoms with Crippen LogP contribution >= 0.6 is 0 Å². The number of nitrogen functional groups attached to an aromatic ring is 1. The standard InChI is InChI=1S/C21H23N3O4/c1-12-6-7-16(13(2)8-12)24-21(22)15(11-23-24)19(25)14-9-17(26-3)20(28-5)18(10-14)27-4/h6-11H,22H2,1-5H3. The fraction of sp³-hybridized carbons (Fsp3) is 0.238. The number of aryl methyl sites for hydroxylation is 2. The van der Waals surface area contributed by atoms with Gasteiger partial charge in [0.15, 0.2) is 17.3 Å². The van der Waals surface area contributed by atoms with Crippen molar-refractivity contribution in [3.8, 4) is 22.9 Å². The van der Waals surface area contributed by atoms with E-state index >= 15 is 0 Å². The van der Waals surface area contributed by atoms with Crippen molar-refractivity contribution in [3.05, 3.63) is 58.8 Å². The largest absolute Gasteiger partial charge is 0.493 e. The molecular weight excluding hydrogens is 358 g/mol. The molecule has 1 aromatic heterocycles. The molecule has 0 aliphatic rings. The SMILES string of the molecule is COc1cc(C(=O)c2cnn(-c3ccc(C)cc3C)c2N)cc(OC)c1OC. The van der Waals surface area contributed by atoms with Crippen LogP contribution in [-0.4, -0.2) is 36.9 Å². The number of aromatic nitrogens is 2. The van der Waals surface area contributed by atoms with Crippen molar-refractivity contribution < 1.29 is 19.0 Å². The predicted molar refractivity (Wildman–Crippen MR) is 107 cm³/mol. The van der Waals surface area contributed by atoms with Crippen LogP contribution in [0.25, 0.3) is 5.69 Å². The van der Waals surface area contributed by atoms with Crippen molar-refractivity contribution in [2.75, 3.05) is 27.1 Å². The van der Waals surface area contributed by atoms with Gasteiger partial charge in [-0.1, -0.05) is 17.7 Å². The highest BCUT2D eigenvalue weighted by Gasteiger charge is 2.22. The molecule has 0 unspecified atom stereocenters. The van der Waals surface area contributed by atoms with E-state index < -0.39 is 0 Å². The van der Waals surface area contributed by atoms with Gasteiger partial charge in [0, 0.05) is 5.56 Å². The highest BCUT2D eigenvalue weighted by Crippen LogP contribution is 2.39. The van der Waals surface area contributed by atoms with Crippen LogP contribution in [-0.2, 0) is 0 Å². The summed E-state index contributed by atoms with van der Waals surface area (Å²) in [5.74, 6) is 1.19. The Morgan fingerprint density at radius 2 is 1.64 bits per heavy atom. The molecule has 3 rings (SSSR count). The number of anilines is 1. The highest BCUT2D eigenvalue weighted by molar-refractivity contribution is 6.12. The Labute approximate surface area is 163 Å². The molecule has 0 spiro atoms. The topological polar surface area (TPSA) is 88.6 Å². The quantitative estimate of drug-likeness (QED) is 0.659. The smallest absolute Gasteiger partial charge is 0.203 e. The van der Waals surface area contributed by atoms with Crippen molar-refractivity contribution in [1.82, 2.24) is 9.78 Å². The van der Waals surface area contributed by atoms with Crippen LogP contribution in [0.4, 0.5) is 5.82 Å². The molecule has 7 heteroatoms. The monoisotopic (exact) mass is 381 g/mol. The Hall–Kier alpha value is -3.48. The third kappa shape index (κ3) is 3.26. The number of carbonyl (C=O) groups is 1. The highest BCUT2D eigenvalue weighted by atomic mass is 16.5. The Morgan fingerprint density at radius 3 is 2.18 bits per heavy atom. The van der Waals surface area contributed by atoms with Crippen LogP contribution in [0.3, 0.4) is 0 Å². The average Bonchev–Trinajstić information content (AvgIpc) is 3.07. The normalized spacial score (nSPS) is 10.6. The zero-order valence-corrected chi connectivity index (χ0v) is 16.6. The van der Waals surface area contributed by atoms with Gasteiger partial charge in [-0.05, 0) is 37.6 Å². The Bertz CT molecular complexity index is 1020. The fourth-order valence-corrected chi connectivity index (χ4v) is 3.14. The van der Waals surface area contributed by atoms with E-state index in [1.54, 1.807) is 16.8 Å². The second-order valence-corrected chi connectivity index (χ2v) is 6.39. The number of nitrogens with two attached hydrogens (primary N) is 1. The minimum absolute atomic E-state index is 0.269. The minimum Gasteiger partial charge on any atom is -0.493 e. The molecule has 7 nitrogen and oxygen atoms in total. The summed E-state index contributed by atoms with van der Waals surface area (Å²) in [7, 11) is 4.50. The fourth-order valence-electron chi connectivity index (χ4n) is 3.14. The van der Waals surface area contributed by atoms with Crippen molar-refractivity contribution in [1.29, 1.82) is 0 Å². The third-order valence-corrected chi connectivity index (χ3v) is 4.56. The van der Waals surface area contributed by atoms with Crippen LogP contribution < -0.4 is 19.9 Å². The number of carbonyl (C=O) groups excluding carboxylic acids is 1. The summed E-state index contributed by atoms with van der Waals surface area (Å²) < 4.78 is 17.5. The molecule has 0 saturated heterocycles. The van der Waals surface area contributed by atoms with Gasteiger partial charge in [0.25, 0.3) is 0 Å². The summed E-state index contributed by atoms with van der Waals surface area (Å²) in [5.41, 5.74) is 9.91. The lowest BCUT2D eigenvalue weighted by atomic mass is 10.0. The van der Waals surface area contributed by atoms with Gasteiger partial charge in [0.1, 0.15) is 5.82 Å². The van der Waals surface area contributed by atoms with Gasteiger partial charge in [-0.3, -0.25) is 4.79 Å². The summed E-state index contributed by atoms with van der Waals surface area (Å²) in [5, 5.41) is 4.33. The van der Waals surface area contributed by atoms with Gasteiger partial charge in [-0.25, -0.2) is 4.68 Å². The number of rotatable bonds is 6. The van der Waals surface area contributed by atoms with Crippen LogP contribution in [0.1, 0.15) is 27.0 Å². The van der Waals surface area contributed by atoms with Gasteiger partial charge in [0.05, 0.1) is 38.8 Å². The zero-order chi connectivity index (χ0) is 20.4. The maximum atomic E-state index is 13.1. The number of benzene rings is 2. The molecule has 0 radical (unpaired) electrons. The average molecular weight is 381 g/mol. The lowest BCUT2D eigenvalue weighted by Crippen LogP contribution is -2.09. The lowest BCUT2D eigenvalue weighted by Gasteiger charge is -2.13. The lowest BCUT2D eigenvalue weighted by molar-refractivity contribution is 0.103. The van der Waals surface area contributed by atoms with Crippen molar-refractivity contribution in [3.63, 3.8) is 0 Å². The third-order valence-electron chi connectivity index (χ3n) is 4.56. The summed E-state index contributed by atoms with van der Waals surface area (Å²) in [6.45, 7) is 3.99.